The van der Waals surface area contributed by atoms with Gasteiger partial charge in [0, 0.05) is 13.0 Å². The Morgan fingerprint density at radius 2 is 2.20 bits per heavy atom. The topological polar surface area (TPSA) is 64.4 Å². The van der Waals surface area contributed by atoms with Crippen molar-refractivity contribution in [1.82, 2.24) is 5.32 Å². The first kappa shape index (κ1) is 13.4. The zero-order chi connectivity index (χ0) is 14.2. The number of ether oxygens (including phenoxy) is 1. The van der Waals surface area contributed by atoms with Gasteiger partial charge in [-0.1, -0.05) is 25.1 Å². The van der Waals surface area contributed by atoms with E-state index >= 15 is 0 Å². The fraction of sp³-hybridized carbons (Fsp3) is 0.562. The number of para-hydroxylation sites is 1. The van der Waals surface area contributed by atoms with Crippen molar-refractivity contribution in [2.24, 2.45) is 17.1 Å². The molecule has 20 heavy (non-hydrogen) atoms. The summed E-state index contributed by atoms with van der Waals surface area (Å²) in [7, 11) is 0. The van der Waals surface area contributed by atoms with E-state index < -0.39 is 0 Å². The van der Waals surface area contributed by atoms with Crippen LogP contribution in [0.3, 0.4) is 0 Å². The first-order valence-electron chi connectivity index (χ1n) is 7.36. The molecule has 0 spiro atoms. The zero-order valence-corrected chi connectivity index (χ0v) is 11.9. The molecule has 1 unspecified atom stereocenters. The number of carbonyl (C=O) groups is 1. The van der Waals surface area contributed by atoms with Crippen LogP contribution in [0, 0.1) is 11.3 Å². The van der Waals surface area contributed by atoms with E-state index in [-0.39, 0.29) is 17.4 Å². The van der Waals surface area contributed by atoms with Crippen LogP contribution in [0.5, 0.6) is 5.75 Å². The quantitative estimate of drug-likeness (QED) is 0.874. The number of nitrogens with one attached hydrogen (secondary N) is 1. The van der Waals surface area contributed by atoms with Crippen LogP contribution < -0.4 is 15.8 Å². The highest BCUT2D eigenvalue weighted by atomic mass is 16.5. The molecule has 108 valence electrons. The molecule has 4 nitrogen and oxygen atoms in total. The second-order valence-corrected chi connectivity index (χ2v) is 6.26. The zero-order valence-electron chi connectivity index (χ0n) is 11.9. The number of hydrogen-bond acceptors (Lipinski definition) is 3. The maximum atomic E-state index is 12.3. The highest BCUT2D eigenvalue weighted by Gasteiger charge is 2.47. The van der Waals surface area contributed by atoms with Crippen LogP contribution in [0.25, 0.3) is 0 Å². The minimum absolute atomic E-state index is 0.0451. The molecule has 1 atom stereocenters. The predicted molar refractivity (Wildman–Crippen MR) is 77.5 cm³/mol. The second kappa shape index (κ2) is 5.09. The molecule has 1 heterocycles. The van der Waals surface area contributed by atoms with E-state index in [4.69, 9.17) is 10.5 Å². The van der Waals surface area contributed by atoms with E-state index in [2.05, 4.69) is 18.3 Å². The lowest BCUT2D eigenvalue weighted by atomic mass is 9.62. The summed E-state index contributed by atoms with van der Waals surface area (Å²) in [5.74, 6) is 1.64. The minimum Gasteiger partial charge on any atom is -0.488 e. The Balaban J connectivity index is 1.53. The molecule has 0 radical (unpaired) electrons. The fourth-order valence-corrected chi connectivity index (χ4v) is 3.48. The van der Waals surface area contributed by atoms with Crippen molar-refractivity contribution < 1.29 is 9.53 Å². The smallest absolute Gasteiger partial charge is 0.227 e. The molecule has 3 N–H and O–H groups in total. The number of nitrogens with two attached hydrogens (primary N) is 1. The molecule has 1 aromatic carbocycles. The van der Waals surface area contributed by atoms with Gasteiger partial charge in [0.2, 0.25) is 5.91 Å². The molecule has 1 aliphatic carbocycles. The number of amides is 1. The van der Waals surface area contributed by atoms with Crippen LogP contribution in [-0.4, -0.2) is 25.1 Å². The van der Waals surface area contributed by atoms with Gasteiger partial charge in [0.15, 0.2) is 0 Å². The average Bonchev–Trinajstić information content (AvgIpc) is 2.83. The Labute approximate surface area is 119 Å². The van der Waals surface area contributed by atoms with E-state index in [1.807, 2.05) is 18.2 Å². The van der Waals surface area contributed by atoms with E-state index in [0.717, 1.165) is 25.0 Å². The number of fused-ring (bicyclic) bond motifs is 1. The van der Waals surface area contributed by atoms with Crippen LogP contribution in [0.1, 0.15) is 25.3 Å². The Hall–Kier alpha value is -1.55. The second-order valence-electron chi connectivity index (χ2n) is 6.26. The maximum Gasteiger partial charge on any atom is 0.227 e. The van der Waals surface area contributed by atoms with Crippen molar-refractivity contribution in [3.63, 3.8) is 0 Å². The molecule has 1 fully saturated rings. The maximum absolute atomic E-state index is 12.3. The summed E-state index contributed by atoms with van der Waals surface area (Å²) < 4.78 is 5.83. The molecular formula is C16H22N2O2. The lowest BCUT2D eigenvalue weighted by Gasteiger charge is -2.44. The SMILES string of the molecule is CC1CC(CN)(C(=O)NCC2Cc3ccccc3O2)C1. The van der Waals surface area contributed by atoms with Crippen molar-refractivity contribution in [3.05, 3.63) is 29.8 Å². The largest absolute Gasteiger partial charge is 0.488 e. The molecule has 1 saturated carbocycles. The van der Waals surface area contributed by atoms with Gasteiger partial charge in [-0.25, -0.2) is 0 Å². The summed E-state index contributed by atoms with van der Waals surface area (Å²) in [6.45, 7) is 3.16. The molecule has 3 rings (SSSR count). The van der Waals surface area contributed by atoms with Gasteiger partial charge in [0.1, 0.15) is 11.9 Å². The van der Waals surface area contributed by atoms with Gasteiger partial charge < -0.3 is 15.8 Å². The van der Waals surface area contributed by atoms with Crippen molar-refractivity contribution >= 4 is 5.91 Å². The minimum atomic E-state index is -0.328. The van der Waals surface area contributed by atoms with Crippen LogP contribution in [-0.2, 0) is 11.2 Å². The Kier molecular flexibility index (Phi) is 3.42. The average molecular weight is 274 g/mol. The van der Waals surface area contributed by atoms with E-state index in [1.165, 1.54) is 5.56 Å². The highest BCUT2D eigenvalue weighted by molar-refractivity contribution is 5.84. The van der Waals surface area contributed by atoms with Gasteiger partial charge in [0.05, 0.1) is 12.0 Å². The van der Waals surface area contributed by atoms with E-state index in [9.17, 15) is 4.79 Å². The number of rotatable bonds is 4. The van der Waals surface area contributed by atoms with E-state index in [0.29, 0.717) is 19.0 Å². The fourth-order valence-electron chi connectivity index (χ4n) is 3.48. The summed E-state index contributed by atoms with van der Waals surface area (Å²) in [6.07, 6.45) is 2.72. The summed E-state index contributed by atoms with van der Waals surface area (Å²) in [4.78, 5) is 12.3. The van der Waals surface area contributed by atoms with Gasteiger partial charge in [-0.2, -0.15) is 0 Å². The first-order chi connectivity index (χ1) is 9.63. The van der Waals surface area contributed by atoms with E-state index in [1.54, 1.807) is 0 Å². The summed E-state index contributed by atoms with van der Waals surface area (Å²) >= 11 is 0. The third-order valence-corrected chi connectivity index (χ3v) is 4.55. The van der Waals surface area contributed by atoms with Gasteiger partial charge >= 0.3 is 0 Å². The third kappa shape index (κ3) is 2.29. The molecule has 0 bridgehead atoms. The normalized spacial score (nSPS) is 31.1. The lowest BCUT2D eigenvalue weighted by molar-refractivity contribution is -0.138. The number of carbonyl (C=O) groups excluding carboxylic acids is 1. The van der Waals surface area contributed by atoms with Crippen molar-refractivity contribution in [2.75, 3.05) is 13.1 Å². The molecule has 0 saturated heterocycles. The van der Waals surface area contributed by atoms with Crippen molar-refractivity contribution in [3.8, 4) is 5.75 Å². The van der Waals surface area contributed by atoms with Crippen LogP contribution >= 0.6 is 0 Å². The summed E-state index contributed by atoms with van der Waals surface area (Å²) in [5.41, 5.74) is 6.68. The first-order valence-corrected chi connectivity index (χ1v) is 7.36. The van der Waals surface area contributed by atoms with Crippen LogP contribution in [0.15, 0.2) is 24.3 Å². The molecule has 0 aromatic heterocycles. The molecular weight excluding hydrogens is 252 g/mol. The summed E-state index contributed by atoms with van der Waals surface area (Å²) in [5, 5.41) is 3.03. The monoisotopic (exact) mass is 274 g/mol. The number of hydrogen-bond donors (Lipinski definition) is 2. The van der Waals surface area contributed by atoms with Crippen molar-refractivity contribution in [2.45, 2.75) is 32.3 Å². The van der Waals surface area contributed by atoms with Crippen LogP contribution in [0.4, 0.5) is 0 Å². The number of benzene rings is 1. The Bertz CT molecular complexity index is 484. The molecule has 1 aliphatic heterocycles. The molecule has 1 amide bonds. The standard InChI is InChI=1S/C16H22N2O2/c1-11-7-16(8-11,10-17)15(19)18-9-13-6-12-4-2-3-5-14(12)20-13/h2-5,11,13H,6-10,17H2,1H3,(H,18,19). The molecule has 1 aromatic rings. The highest BCUT2D eigenvalue weighted by Crippen LogP contribution is 2.44. The van der Waals surface area contributed by atoms with Crippen molar-refractivity contribution in [1.29, 1.82) is 0 Å². The third-order valence-electron chi connectivity index (χ3n) is 4.55. The van der Waals surface area contributed by atoms with Gasteiger partial charge in [-0.3, -0.25) is 4.79 Å². The van der Waals surface area contributed by atoms with Crippen LogP contribution in [0.2, 0.25) is 0 Å². The van der Waals surface area contributed by atoms with Gasteiger partial charge in [-0.15, -0.1) is 0 Å². The van der Waals surface area contributed by atoms with Gasteiger partial charge in [0.25, 0.3) is 0 Å². The predicted octanol–water partition coefficient (Wildman–Crippen LogP) is 1.48. The Morgan fingerprint density at radius 3 is 2.85 bits per heavy atom. The Morgan fingerprint density at radius 1 is 1.45 bits per heavy atom. The molecule has 4 heteroatoms. The lowest BCUT2D eigenvalue weighted by Crippen LogP contribution is -2.54. The van der Waals surface area contributed by atoms with Gasteiger partial charge in [-0.05, 0) is 30.4 Å². The molecule has 2 aliphatic rings. The summed E-state index contributed by atoms with van der Waals surface area (Å²) in [6, 6.07) is 8.04.